The summed E-state index contributed by atoms with van der Waals surface area (Å²) >= 11 is 9.42. The summed E-state index contributed by atoms with van der Waals surface area (Å²) in [5.74, 6) is -0.134. The van der Waals surface area contributed by atoms with Gasteiger partial charge in [0, 0.05) is 11.0 Å². The Bertz CT molecular complexity index is 550. The molecular weight excluding hydrogens is 346 g/mol. The first kappa shape index (κ1) is 15.1. The minimum Gasteiger partial charge on any atom is -0.409 e. The third kappa shape index (κ3) is 3.07. The molecular formula is C13H15BrClN3O2. The van der Waals surface area contributed by atoms with Crippen molar-refractivity contribution in [2.45, 2.75) is 25.3 Å². The van der Waals surface area contributed by atoms with Crippen molar-refractivity contribution >= 4 is 39.3 Å². The van der Waals surface area contributed by atoms with E-state index in [-0.39, 0.29) is 17.8 Å². The molecule has 1 heterocycles. The highest BCUT2D eigenvalue weighted by molar-refractivity contribution is 9.10. The number of nitrogens with zero attached hydrogens (tertiary/aromatic N) is 2. The molecule has 108 valence electrons. The largest absolute Gasteiger partial charge is 0.409 e. The van der Waals surface area contributed by atoms with E-state index in [4.69, 9.17) is 22.5 Å². The number of hydrogen-bond acceptors (Lipinski definition) is 3. The van der Waals surface area contributed by atoms with Crippen molar-refractivity contribution in [2.75, 3.05) is 6.54 Å². The fourth-order valence-electron chi connectivity index (χ4n) is 2.37. The summed E-state index contributed by atoms with van der Waals surface area (Å²) in [7, 11) is 0. The molecule has 0 bridgehead atoms. The second-order valence-electron chi connectivity index (χ2n) is 4.66. The number of carbonyl (C=O) groups excluding carboxylic acids is 1. The lowest BCUT2D eigenvalue weighted by Gasteiger charge is -2.35. The van der Waals surface area contributed by atoms with Gasteiger partial charge in [-0.3, -0.25) is 4.79 Å². The van der Waals surface area contributed by atoms with Crippen LogP contribution >= 0.6 is 27.5 Å². The van der Waals surface area contributed by atoms with Crippen LogP contribution in [0.15, 0.2) is 27.8 Å². The Morgan fingerprint density at radius 2 is 2.25 bits per heavy atom. The predicted octanol–water partition coefficient (Wildman–Crippen LogP) is 2.84. The molecule has 1 unspecified atom stereocenters. The van der Waals surface area contributed by atoms with Crippen molar-refractivity contribution in [1.82, 2.24) is 4.90 Å². The molecule has 5 nitrogen and oxygen atoms in total. The number of rotatable bonds is 2. The Morgan fingerprint density at radius 1 is 1.50 bits per heavy atom. The summed E-state index contributed by atoms with van der Waals surface area (Å²) in [6.07, 6.45) is 2.53. The number of hydrogen-bond donors (Lipinski definition) is 2. The van der Waals surface area contributed by atoms with Crippen LogP contribution in [0.5, 0.6) is 0 Å². The average molecular weight is 361 g/mol. The molecule has 1 fully saturated rings. The second-order valence-corrected chi connectivity index (χ2v) is 5.98. The van der Waals surface area contributed by atoms with Gasteiger partial charge in [-0.05, 0) is 37.5 Å². The van der Waals surface area contributed by atoms with Gasteiger partial charge >= 0.3 is 0 Å². The number of nitrogens with two attached hydrogens (primary N) is 1. The van der Waals surface area contributed by atoms with Gasteiger partial charge in [0.25, 0.3) is 5.91 Å². The Hall–Kier alpha value is -1.27. The Morgan fingerprint density at radius 3 is 2.90 bits per heavy atom. The summed E-state index contributed by atoms with van der Waals surface area (Å²) in [4.78, 5) is 14.2. The van der Waals surface area contributed by atoms with Crippen molar-refractivity contribution in [3.63, 3.8) is 0 Å². The van der Waals surface area contributed by atoms with E-state index in [1.54, 1.807) is 23.1 Å². The molecule has 3 N–H and O–H groups in total. The maximum atomic E-state index is 12.6. The van der Waals surface area contributed by atoms with E-state index < -0.39 is 0 Å². The van der Waals surface area contributed by atoms with Crippen LogP contribution in [0.3, 0.4) is 0 Å². The smallest absolute Gasteiger partial charge is 0.255 e. The third-order valence-electron chi connectivity index (χ3n) is 3.38. The Labute approximate surface area is 130 Å². The Kier molecular flexibility index (Phi) is 4.88. The summed E-state index contributed by atoms with van der Waals surface area (Å²) in [6.45, 7) is 0.576. The summed E-state index contributed by atoms with van der Waals surface area (Å²) in [6, 6.07) is 4.74. The van der Waals surface area contributed by atoms with Crippen molar-refractivity contribution in [3.05, 3.63) is 33.3 Å². The van der Waals surface area contributed by atoms with Gasteiger partial charge < -0.3 is 15.8 Å². The zero-order chi connectivity index (χ0) is 14.7. The Balaban J connectivity index is 2.30. The van der Waals surface area contributed by atoms with Crippen molar-refractivity contribution in [1.29, 1.82) is 0 Å². The van der Waals surface area contributed by atoms with E-state index in [1.165, 1.54) is 0 Å². The monoisotopic (exact) mass is 359 g/mol. The second kappa shape index (κ2) is 6.45. The van der Waals surface area contributed by atoms with Gasteiger partial charge in [-0.25, -0.2) is 0 Å². The lowest BCUT2D eigenvalue weighted by molar-refractivity contribution is 0.0677. The SMILES string of the molecule is NC(=NO)C1CCCCN1C(=O)c1ccc(Br)cc1Cl. The van der Waals surface area contributed by atoms with Crippen LogP contribution in [-0.2, 0) is 0 Å². The normalized spacial score (nSPS) is 20.0. The van der Waals surface area contributed by atoms with Crippen molar-refractivity contribution < 1.29 is 10.0 Å². The summed E-state index contributed by atoms with van der Waals surface area (Å²) in [5.41, 5.74) is 6.11. The lowest BCUT2D eigenvalue weighted by Crippen LogP contribution is -2.50. The minimum absolute atomic E-state index is 0.0614. The van der Waals surface area contributed by atoms with Crippen LogP contribution in [0.2, 0.25) is 5.02 Å². The highest BCUT2D eigenvalue weighted by Gasteiger charge is 2.31. The van der Waals surface area contributed by atoms with Crippen LogP contribution in [0.1, 0.15) is 29.6 Å². The maximum absolute atomic E-state index is 12.6. The molecule has 1 amide bonds. The number of carbonyl (C=O) groups is 1. The fraction of sp³-hybridized carbons (Fsp3) is 0.385. The molecule has 1 atom stereocenters. The van der Waals surface area contributed by atoms with Gasteiger partial charge in [0.2, 0.25) is 0 Å². The molecule has 1 aliphatic heterocycles. The van der Waals surface area contributed by atoms with Crippen LogP contribution < -0.4 is 5.73 Å². The van der Waals surface area contributed by atoms with Crippen LogP contribution in [-0.4, -0.2) is 34.4 Å². The van der Waals surface area contributed by atoms with Crippen LogP contribution in [0.4, 0.5) is 0 Å². The summed E-state index contributed by atoms with van der Waals surface area (Å²) < 4.78 is 0.811. The van der Waals surface area contributed by atoms with E-state index in [1.807, 2.05) is 0 Å². The number of benzene rings is 1. The van der Waals surface area contributed by atoms with E-state index in [0.717, 1.165) is 17.3 Å². The summed E-state index contributed by atoms with van der Waals surface area (Å²) in [5, 5.41) is 12.3. The molecule has 1 aliphatic rings. The maximum Gasteiger partial charge on any atom is 0.255 e. The standard InChI is InChI=1S/C13H15BrClN3O2/c14-8-4-5-9(10(15)7-8)13(19)18-6-2-1-3-11(18)12(16)17-20/h4-5,7,11,20H,1-3,6H2,(H2,16,17). The topological polar surface area (TPSA) is 78.9 Å². The number of likely N-dealkylation sites (tertiary alicyclic amines) is 1. The van der Waals surface area contributed by atoms with E-state index >= 15 is 0 Å². The molecule has 0 aliphatic carbocycles. The molecule has 1 aromatic carbocycles. The number of halogens is 2. The molecule has 0 saturated carbocycles. The minimum atomic E-state index is -0.374. The molecule has 0 aromatic heterocycles. The van der Waals surface area contributed by atoms with Gasteiger partial charge in [0.05, 0.1) is 16.6 Å². The zero-order valence-electron chi connectivity index (χ0n) is 10.7. The molecule has 0 spiro atoms. The van der Waals surface area contributed by atoms with Gasteiger partial charge in [0.15, 0.2) is 5.84 Å². The third-order valence-corrected chi connectivity index (χ3v) is 4.19. The molecule has 1 saturated heterocycles. The lowest BCUT2D eigenvalue weighted by atomic mass is 10.00. The number of oxime groups is 1. The first-order valence-corrected chi connectivity index (χ1v) is 7.45. The first-order chi connectivity index (χ1) is 9.54. The van der Waals surface area contributed by atoms with E-state index in [0.29, 0.717) is 23.6 Å². The van der Waals surface area contributed by atoms with Gasteiger partial charge in [-0.1, -0.05) is 32.7 Å². The average Bonchev–Trinajstić information content (AvgIpc) is 2.46. The predicted molar refractivity (Wildman–Crippen MR) is 81.2 cm³/mol. The molecule has 2 rings (SSSR count). The molecule has 0 radical (unpaired) electrons. The van der Waals surface area contributed by atoms with Gasteiger partial charge in [-0.2, -0.15) is 0 Å². The molecule has 7 heteroatoms. The van der Waals surface area contributed by atoms with Crippen LogP contribution in [0, 0.1) is 0 Å². The highest BCUT2D eigenvalue weighted by atomic mass is 79.9. The molecule has 1 aromatic rings. The van der Waals surface area contributed by atoms with Crippen LogP contribution in [0.25, 0.3) is 0 Å². The van der Waals surface area contributed by atoms with Gasteiger partial charge in [0.1, 0.15) is 0 Å². The number of amidine groups is 1. The fourth-order valence-corrected chi connectivity index (χ4v) is 3.12. The van der Waals surface area contributed by atoms with Crippen molar-refractivity contribution in [3.8, 4) is 0 Å². The van der Waals surface area contributed by atoms with E-state index in [9.17, 15) is 4.79 Å². The molecule has 20 heavy (non-hydrogen) atoms. The zero-order valence-corrected chi connectivity index (χ0v) is 13.1. The number of amides is 1. The number of piperidine rings is 1. The van der Waals surface area contributed by atoms with Crippen molar-refractivity contribution in [2.24, 2.45) is 10.9 Å². The first-order valence-electron chi connectivity index (χ1n) is 6.28. The highest BCUT2D eigenvalue weighted by Crippen LogP contribution is 2.26. The van der Waals surface area contributed by atoms with E-state index in [2.05, 4.69) is 21.1 Å². The van der Waals surface area contributed by atoms with Gasteiger partial charge in [-0.15, -0.1) is 0 Å². The quantitative estimate of drug-likeness (QED) is 0.368.